The lowest BCUT2D eigenvalue weighted by molar-refractivity contribution is -0.143. The van der Waals surface area contributed by atoms with E-state index in [1.54, 1.807) is 24.3 Å². The molecule has 0 bridgehead atoms. The van der Waals surface area contributed by atoms with E-state index in [9.17, 15) is 14.4 Å². The highest BCUT2D eigenvalue weighted by Gasteiger charge is 2.08. The van der Waals surface area contributed by atoms with Gasteiger partial charge < -0.3 is 15.4 Å². The predicted molar refractivity (Wildman–Crippen MR) is 118 cm³/mol. The average molecular weight is 411 g/mol. The molecule has 2 amide bonds. The minimum absolute atomic E-state index is 0.0525. The molecule has 0 heterocycles. The lowest BCUT2D eigenvalue weighted by Gasteiger charge is -2.09. The van der Waals surface area contributed by atoms with Gasteiger partial charge in [-0.25, -0.2) is 0 Å². The molecule has 160 valence electrons. The normalized spacial score (nSPS) is 10.3. The topological polar surface area (TPSA) is 84.5 Å². The van der Waals surface area contributed by atoms with Crippen molar-refractivity contribution in [3.05, 3.63) is 60.2 Å². The van der Waals surface area contributed by atoms with E-state index in [1.165, 1.54) is 5.56 Å². The Morgan fingerprint density at radius 3 is 2.13 bits per heavy atom. The van der Waals surface area contributed by atoms with E-state index in [0.717, 1.165) is 19.3 Å². The molecule has 0 aliphatic heterocycles. The Hall–Kier alpha value is -3.15. The fourth-order valence-corrected chi connectivity index (χ4v) is 2.92. The van der Waals surface area contributed by atoms with Gasteiger partial charge in [-0.2, -0.15) is 0 Å². The Balaban J connectivity index is 1.61. The average Bonchev–Trinajstić information content (AvgIpc) is 2.72. The Bertz CT molecular complexity index is 821. The summed E-state index contributed by atoms with van der Waals surface area (Å²) < 4.78 is 5.23. The first-order valence-corrected chi connectivity index (χ1v) is 10.5. The molecule has 0 atom stereocenters. The van der Waals surface area contributed by atoms with Crippen molar-refractivity contribution in [1.29, 1.82) is 0 Å². The standard InChI is InChI=1S/C24H30N2O4/c1-2-9-22(27)25-20-13-6-14-21(18-20)26-23(28)15-7-16-24(29)30-17-8-12-19-10-4-3-5-11-19/h3-6,10-11,13-14,18H,2,7-9,12,15-17H2,1H3,(H,25,27)(H,26,28). The van der Waals surface area contributed by atoms with Crippen LogP contribution in [0.4, 0.5) is 11.4 Å². The van der Waals surface area contributed by atoms with Crippen LogP contribution in [0.15, 0.2) is 54.6 Å². The predicted octanol–water partition coefficient (Wildman–Crippen LogP) is 4.71. The van der Waals surface area contributed by atoms with Gasteiger partial charge in [-0.05, 0) is 49.4 Å². The van der Waals surface area contributed by atoms with Gasteiger partial charge in [0.05, 0.1) is 6.61 Å². The molecule has 0 spiro atoms. The fourth-order valence-electron chi connectivity index (χ4n) is 2.92. The summed E-state index contributed by atoms with van der Waals surface area (Å²) in [6, 6.07) is 17.1. The third kappa shape index (κ3) is 9.37. The largest absolute Gasteiger partial charge is 0.466 e. The molecule has 0 radical (unpaired) electrons. The van der Waals surface area contributed by atoms with Crippen molar-refractivity contribution in [2.24, 2.45) is 0 Å². The zero-order chi connectivity index (χ0) is 21.6. The van der Waals surface area contributed by atoms with E-state index in [1.807, 2.05) is 25.1 Å². The Kier molecular flexibility index (Phi) is 10.1. The van der Waals surface area contributed by atoms with Crippen LogP contribution in [0.25, 0.3) is 0 Å². The Labute approximate surface area is 178 Å². The van der Waals surface area contributed by atoms with Gasteiger partial charge in [0.1, 0.15) is 0 Å². The number of rotatable bonds is 12. The van der Waals surface area contributed by atoms with Crippen LogP contribution < -0.4 is 10.6 Å². The summed E-state index contributed by atoms with van der Waals surface area (Å²) in [5.41, 5.74) is 2.47. The second-order valence-corrected chi connectivity index (χ2v) is 7.09. The van der Waals surface area contributed by atoms with Crippen molar-refractivity contribution in [3.8, 4) is 0 Å². The maximum Gasteiger partial charge on any atom is 0.305 e. The first kappa shape index (κ1) is 23.1. The van der Waals surface area contributed by atoms with Crippen LogP contribution in [0.2, 0.25) is 0 Å². The molecule has 0 unspecified atom stereocenters. The number of amides is 2. The molecule has 6 heteroatoms. The fraction of sp³-hybridized carbons (Fsp3) is 0.375. The summed E-state index contributed by atoms with van der Waals surface area (Å²) in [5.74, 6) is -0.510. The molecule has 0 aromatic heterocycles. The van der Waals surface area contributed by atoms with Gasteiger partial charge >= 0.3 is 5.97 Å². The number of anilines is 2. The zero-order valence-electron chi connectivity index (χ0n) is 17.5. The van der Waals surface area contributed by atoms with Gasteiger partial charge in [-0.3, -0.25) is 14.4 Å². The first-order valence-electron chi connectivity index (χ1n) is 10.5. The van der Waals surface area contributed by atoms with Gasteiger partial charge in [0.15, 0.2) is 0 Å². The lowest BCUT2D eigenvalue weighted by atomic mass is 10.1. The number of ether oxygens (including phenoxy) is 1. The minimum atomic E-state index is -0.281. The van der Waals surface area contributed by atoms with Gasteiger partial charge in [0.2, 0.25) is 11.8 Å². The summed E-state index contributed by atoms with van der Waals surface area (Å²) in [5, 5.41) is 5.59. The molecule has 2 aromatic carbocycles. The number of carbonyl (C=O) groups excluding carboxylic acids is 3. The highest BCUT2D eigenvalue weighted by molar-refractivity contribution is 5.94. The smallest absolute Gasteiger partial charge is 0.305 e. The summed E-state index contributed by atoms with van der Waals surface area (Å²) in [4.78, 5) is 35.6. The molecule has 30 heavy (non-hydrogen) atoms. The molecule has 0 saturated carbocycles. The van der Waals surface area contributed by atoms with Crippen LogP contribution in [0.5, 0.6) is 0 Å². The molecule has 2 aromatic rings. The molecular formula is C24H30N2O4. The number of hydrogen-bond donors (Lipinski definition) is 2. The summed E-state index contributed by atoms with van der Waals surface area (Å²) in [7, 11) is 0. The second kappa shape index (κ2) is 13.1. The van der Waals surface area contributed by atoms with Crippen LogP contribution in [-0.2, 0) is 25.5 Å². The highest BCUT2D eigenvalue weighted by atomic mass is 16.5. The van der Waals surface area contributed by atoms with Gasteiger partial charge in [-0.15, -0.1) is 0 Å². The summed E-state index contributed by atoms with van der Waals surface area (Å²) in [6.07, 6.45) is 3.75. The van der Waals surface area contributed by atoms with E-state index in [4.69, 9.17) is 4.74 Å². The SMILES string of the molecule is CCCC(=O)Nc1cccc(NC(=O)CCCC(=O)OCCCc2ccccc2)c1. The van der Waals surface area contributed by atoms with E-state index in [2.05, 4.69) is 22.8 Å². The van der Waals surface area contributed by atoms with E-state index in [0.29, 0.717) is 30.8 Å². The number of aryl methyl sites for hydroxylation is 1. The number of benzene rings is 2. The lowest BCUT2D eigenvalue weighted by Crippen LogP contribution is -2.14. The Morgan fingerprint density at radius 2 is 1.47 bits per heavy atom. The summed E-state index contributed by atoms with van der Waals surface area (Å²) >= 11 is 0. The summed E-state index contributed by atoms with van der Waals surface area (Å²) in [6.45, 7) is 2.33. The van der Waals surface area contributed by atoms with Crippen LogP contribution in [0.3, 0.4) is 0 Å². The molecule has 0 saturated heterocycles. The van der Waals surface area contributed by atoms with Crippen LogP contribution in [0.1, 0.15) is 51.0 Å². The number of carbonyl (C=O) groups is 3. The van der Waals surface area contributed by atoms with E-state index >= 15 is 0 Å². The molecule has 2 N–H and O–H groups in total. The van der Waals surface area contributed by atoms with Crippen molar-refractivity contribution in [2.45, 2.75) is 51.9 Å². The molecule has 0 fully saturated rings. The Morgan fingerprint density at radius 1 is 0.800 bits per heavy atom. The van der Waals surface area contributed by atoms with Crippen molar-refractivity contribution in [1.82, 2.24) is 0 Å². The van der Waals surface area contributed by atoms with Crippen LogP contribution in [0, 0.1) is 0 Å². The third-order valence-corrected chi connectivity index (χ3v) is 4.41. The number of hydrogen-bond acceptors (Lipinski definition) is 4. The molecule has 0 aliphatic rings. The van der Waals surface area contributed by atoms with Gasteiger partial charge in [-0.1, -0.05) is 43.3 Å². The van der Waals surface area contributed by atoms with E-state index in [-0.39, 0.29) is 30.6 Å². The quantitative estimate of drug-likeness (QED) is 0.392. The van der Waals surface area contributed by atoms with E-state index < -0.39 is 0 Å². The zero-order valence-corrected chi connectivity index (χ0v) is 17.5. The maximum atomic E-state index is 12.1. The first-order chi connectivity index (χ1) is 14.6. The van der Waals surface area contributed by atoms with Crippen molar-refractivity contribution < 1.29 is 19.1 Å². The second-order valence-electron chi connectivity index (χ2n) is 7.09. The minimum Gasteiger partial charge on any atom is -0.466 e. The molecule has 6 nitrogen and oxygen atoms in total. The van der Waals surface area contributed by atoms with Crippen LogP contribution >= 0.6 is 0 Å². The van der Waals surface area contributed by atoms with Crippen molar-refractivity contribution in [2.75, 3.05) is 17.2 Å². The third-order valence-electron chi connectivity index (χ3n) is 4.41. The monoisotopic (exact) mass is 410 g/mol. The van der Waals surface area contributed by atoms with Crippen LogP contribution in [-0.4, -0.2) is 24.4 Å². The number of nitrogens with one attached hydrogen (secondary N) is 2. The molecular weight excluding hydrogens is 380 g/mol. The maximum absolute atomic E-state index is 12.1. The molecule has 0 aliphatic carbocycles. The van der Waals surface area contributed by atoms with Gasteiger partial charge in [0.25, 0.3) is 0 Å². The van der Waals surface area contributed by atoms with Gasteiger partial charge in [0, 0.05) is 30.6 Å². The molecule has 2 rings (SSSR count). The van der Waals surface area contributed by atoms with Crippen molar-refractivity contribution in [3.63, 3.8) is 0 Å². The number of esters is 1. The van der Waals surface area contributed by atoms with Crippen molar-refractivity contribution >= 4 is 29.2 Å². The highest BCUT2D eigenvalue weighted by Crippen LogP contribution is 2.16.